The van der Waals surface area contributed by atoms with Crippen LogP contribution in [0.3, 0.4) is 0 Å². The molecule has 1 aromatic heterocycles. The Bertz CT molecular complexity index is 838. The number of amides is 2. The first-order valence-electron chi connectivity index (χ1n) is 7.94. The zero-order valence-electron chi connectivity index (χ0n) is 14.4. The van der Waals surface area contributed by atoms with Crippen LogP contribution in [-0.4, -0.2) is 17.0 Å². The van der Waals surface area contributed by atoms with E-state index in [2.05, 4.69) is 20.6 Å². The molecule has 0 atom stereocenters. The summed E-state index contributed by atoms with van der Waals surface area (Å²) in [6.07, 6.45) is 0. The average molecular weight is 355 g/mol. The van der Waals surface area contributed by atoms with Gasteiger partial charge in [0.15, 0.2) is 0 Å². The Hall–Kier alpha value is -2.93. The third-order valence-electron chi connectivity index (χ3n) is 3.05. The predicted octanol–water partition coefficient (Wildman–Crippen LogP) is 4.40. The van der Waals surface area contributed by atoms with E-state index in [1.165, 1.54) is 11.3 Å². The van der Waals surface area contributed by atoms with Crippen LogP contribution in [0.2, 0.25) is 0 Å². The van der Waals surface area contributed by atoms with Crippen molar-refractivity contribution in [1.29, 1.82) is 0 Å². The number of rotatable bonds is 2. The summed E-state index contributed by atoms with van der Waals surface area (Å²) < 4.78 is 1.02. The van der Waals surface area contributed by atoms with E-state index in [0.29, 0.717) is 10.8 Å². The second-order valence-electron chi connectivity index (χ2n) is 4.91. The van der Waals surface area contributed by atoms with Crippen LogP contribution in [0.5, 0.6) is 0 Å². The lowest BCUT2D eigenvalue weighted by molar-refractivity contribution is 0.256. The average Bonchev–Trinajstić information content (AvgIpc) is 3.00. The number of carbonyl (C=O) groups is 1. The molecule has 0 radical (unpaired) electrons. The smallest absolute Gasteiger partial charge is 0.325 e. The number of nitrogens with two attached hydrogens (primary N) is 1. The number of anilines is 1. The number of aryl methyl sites for hydroxylation is 1. The molecule has 6 nitrogen and oxygen atoms in total. The fourth-order valence-electron chi connectivity index (χ4n) is 1.95. The van der Waals surface area contributed by atoms with Crippen LogP contribution in [0.15, 0.2) is 53.5 Å². The number of nitrogens with zero attached hydrogens (tertiary/aromatic N) is 2. The van der Waals surface area contributed by atoms with Crippen LogP contribution >= 0.6 is 11.3 Å². The molecule has 0 aliphatic heterocycles. The minimum atomic E-state index is -0.448. The molecular formula is C18H21N5OS. The van der Waals surface area contributed by atoms with E-state index in [1.54, 1.807) is 0 Å². The predicted molar refractivity (Wildman–Crippen MR) is 106 cm³/mol. The quantitative estimate of drug-likeness (QED) is 0.470. The van der Waals surface area contributed by atoms with Gasteiger partial charge in [0.1, 0.15) is 0 Å². The molecule has 1 heterocycles. The molecule has 0 spiro atoms. The molecule has 130 valence electrons. The standard InChI is InChI=1S/C16H15N5OS.C2H6/c1-10-6-8-11(9-7-10)18-15(22)20-14(17)21-16-19-12-4-2-3-5-13(12)23-16;1-2/h2-9H,1H3,(H4,17,18,19,20,21,22);1-2H3. The Balaban J connectivity index is 0.00000109. The maximum atomic E-state index is 11.9. The van der Waals surface area contributed by atoms with Crippen molar-refractivity contribution in [2.45, 2.75) is 20.8 Å². The first-order chi connectivity index (χ1) is 12.1. The molecule has 4 N–H and O–H groups in total. The summed E-state index contributed by atoms with van der Waals surface area (Å²) in [6.45, 7) is 5.98. The van der Waals surface area contributed by atoms with Crippen LogP contribution < -0.4 is 16.4 Å². The molecule has 0 fully saturated rings. The van der Waals surface area contributed by atoms with E-state index in [-0.39, 0.29) is 5.96 Å². The van der Waals surface area contributed by atoms with Crippen molar-refractivity contribution in [2.24, 2.45) is 10.7 Å². The van der Waals surface area contributed by atoms with Crippen LogP contribution in [0.4, 0.5) is 15.6 Å². The number of hydrogen-bond acceptors (Lipinski definition) is 4. The first-order valence-corrected chi connectivity index (χ1v) is 8.76. The summed E-state index contributed by atoms with van der Waals surface area (Å²) in [7, 11) is 0. The number of nitrogens with one attached hydrogen (secondary N) is 2. The van der Waals surface area contributed by atoms with E-state index in [9.17, 15) is 4.79 Å². The molecule has 0 saturated carbocycles. The molecular weight excluding hydrogens is 334 g/mol. The zero-order chi connectivity index (χ0) is 18.2. The van der Waals surface area contributed by atoms with Crippen molar-refractivity contribution < 1.29 is 4.79 Å². The van der Waals surface area contributed by atoms with E-state index >= 15 is 0 Å². The fraction of sp³-hybridized carbons (Fsp3) is 0.167. The highest BCUT2D eigenvalue weighted by atomic mass is 32.1. The Morgan fingerprint density at radius 3 is 2.48 bits per heavy atom. The second-order valence-corrected chi connectivity index (χ2v) is 5.92. The lowest BCUT2D eigenvalue weighted by atomic mass is 10.2. The lowest BCUT2D eigenvalue weighted by Gasteiger charge is -2.06. The van der Waals surface area contributed by atoms with Crippen molar-refractivity contribution in [2.75, 3.05) is 5.32 Å². The SMILES string of the molecule is CC.Cc1ccc(NC(=O)N/C(N)=N/c2nc3ccccc3s2)cc1. The molecule has 7 heteroatoms. The highest BCUT2D eigenvalue weighted by molar-refractivity contribution is 7.22. The van der Waals surface area contributed by atoms with Crippen LogP contribution in [-0.2, 0) is 0 Å². The van der Waals surface area contributed by atoms with E-state index < -0.39 is 6.03 Å². The monoisotopic (exact) mass is 355 g/mol. The molecule has 0 bridgehead atoms. The van der Waals surface area contributed by atoms with Gasteiger partial charge in [-0.3, -0.25) is 5.32 Å². The van der Waals surface area contributed by atoms with Gasteiger partial charge < -0.3 is 11.1 Å². The number of urea groups is 1. The highest BCUT2D eigenvalue weighted by Crippen LogP contribution is 2.27. The Labute approximate surface area is 150 Å². The zero-order valence-corrected chi connectivity index (χ0v) is 15.2. The summed E-state index contributed by atoms with van der Waals surface area (Å²) in [5, 5.41) is 5.66. The molecule has 3 aromatic rings. The summed E-state index contributed by atoms with van der Waals surface area (Å²) in [6, 6.07) is 14.7. The maximum absolute atomic E-state index is 11.9. The van der Waals surface area contributed by atoms with Gasteiger partial charge in [0.2, 0.25) is 11.1 Å². The number of carbonyl (C=O) groups excluding carboxylic acids is 1. The van der Waals surface area contributed by atoms with Gasteiger partial charge in [0.25, 0.3) is 0 Å². The Morgan fingerprint density at radius 1 is 1.12 bits per heavy atom. The minimum Gasteiger partial charge on any atom is -0.369 e. The minimum absolute atomic E-state index is 0.00586. The highest BCUT2D eigenvalue weighted by Gasteiger charge is 2.06. The van der Waals surface area contributed by atoms with Crippen molar-refractivity contribution >= 4 is 44.4 Å². The molecule has 25 heavy (non-hydrogen) atoms. The number of thiazole rings is 1. The van der Waals surface area contributed by atoms with Crippen LogP contribution in [0.25, 0.3) is 10.2 Å². The van der Waals surface area contributed by atoms with E-state index in [0.717, 1.165) is 15.8 Å². The van der Waals surface area contributed by atoms with Gasteiger partial charge in [-0.05, 0) is 31.2 Å². The molecule has 0 saturated heterocycles. The largest absolute Gasteiger partial charge is 0.369 e. The first kappa shape index (κ1) is 18.4. The van der Waals surface area contributed by atoms with Crippen molar-refractivity contribution in [1.82, 2.24) is 10.3 Å². The number of para-hydroxylation sites is 1. The number of aromatic nitrogens is 1. The van der Waals surface area contributed by atoms with Gasteiger partial charge in [-0.15, -0.1) is 0 Å². The van der Waals surface area contributed by atoms with Gasteiger partial charge >= 0.3 is 6.03 Å². The topological polar surface area (TPSA) is 92.4 Å². The normalized spacial score (nSPS) is 10.8. The van der Waals surface area contributed by atoms with E-state index in [4.69, 9.17) is 5.73 Å². The number of aliphatic imine (C=N–C) groups is 1. The second kappa shape index (κ2) is 8.79. The third kappa shape index (κ3) is 5.29. The summed E-state index contributed by atoms with van der Waals surface area (Å²) in [5.41, 5.74) is 8.41. The van der Waals surface area contributed by atoms with Gasteiger partial charge in [0, 0.05) is 5.69 Å². The van der Waals surface area contributed by atoms with Crippen molar-refractivity contribution in [3.63, 3.8) is 0 Å². The van der Waals surface area contributed by atoms with Gasteiger partial charge in [-0.2, -0.15) is 4.99 Å². The molecule has 0 aliphatic rings. The number of hydrogen-bond donors (Lipinski definition) is 3. The van der Waals surface area contributed by atoms with Gasteiger partial charge in [0.05, 0.1) is 10.2 Å². The molecule has 2 amide bonds. The van der Waals surface area contributed by atoms with E-state index in [1.807, 2.05) is 69.3 Å². The maximum Gasteiger partial charge on any atom is 0.325 e. The van der Waals surface area contributed by atoms with Crippen molar-refractivity contribution in [3.8, 4) is 0 Å². The summed E-state index contributed by atoms with van der Waals surface area (Å²) in [5.74, 6) is -0.00586. The Kier molecular flexibility index (Phi) is 6.47. The Morgan fingerprint density at radius 2 is 1.80 bits per heavy atom. The molecule has 2 aromatic carbocycles. The molecule has 0 unspecified atom stereocenters. The van der Waals surface area contributed by atoms with Gasteiger partial charge in [-0.1, -0.05) is 55.0 Å². The van der Waals surface area contributed by atoms with Gasteiger partial charge in [-0.25, -0.2) is 9.78 Å². The lowest BCUT2D eigenvalue weighted by Crippen LogP contribution is -2.39. The third-order valence-corrected chi connectivity index (χ3v) is 3.98. The number of benzene rings is 2. The molecule has 3 rings (SSSR count). The number of guanidine groups is 1. The fourth-order valence-corrected chi connectivity index (χ4v) is 2.80. The van der Waals surface area contributed by atoms with Crippen LogP contribution in [0.1, 0.15) is 19.4 Å². The molecule has 0 aliphatic carbocycles. The van der Waals surface area contributed by atoms with Crippen molar-refractivity contribution in [3.05, 3.63) is 54.1 Å². The summed E-state index contributed by atoms with van der Waals surface area (Å²) in [4.78, 5) is 20.3. The van der Waals surface area contributed by atoms with Crippen LogP contribution in [0, 0.1) is 6.92 Å². The summed E-state index contributed by atoms with van der Waals surface area (Å²) >= 11 is 1.41. The number of fused-ring (bicyclic) bond motifs is 1.